The minimum absolute atomic E-state index is 0.00337. The Balaban J connectivity index is 1.99. The van der Waals surface area contributed by atoms with Crippen molar-refractivity contribution < 1.29 is 9.53 Å². The molecule has 1 N–H and O–H groups in total. The van der Waals surface area contributed by atoms with E-state index in [1.165, 1.54) is 5.69 Å². The first-order valence-electron chi connectivity index (χ1n) is 8.03. The van der Waals surface area contributed by atoms with E-state index in [4.69, 9.17) is 4.74 Å². The highest BCUT2D eigenvalue weighted by atomic mass is 16.5. The standard InChI is InChI=1S/C18H28N2O2/c1-13-12-22-14(2)11-20(13)16-8-6-15(7-9-16)19-17(21)10-18(3,4)5/h6-9,13-14H,10-12H2,1-5H3,(H,19,21). The zero-order valence-corrected chi connectivity index (χ0v) is 14.3. The third kappa shape index (κ3) is 4.73. The van der Waals surface area contributed by atoms with Gasteiger partial charge in [-0.3, -0.25) is 4.79 Å². The maximum atomic E-state index is 12.0. The normalized spacial score (nSPS) is 22.5. The minimum atomic E-state index is 0.00337. The van der Waals surface area contributed by atoms with Crippen LogP contribution in [0.3, 0.4) is 0 Å². The van der Waals surface area contributed by atoms with Crippen LogP contribution < -0.4 is 10.2 Å². The van der Waals surface area contributed by atoms with Gasteiger partial charge in [-0.15, -0.1) is 0 Å². The molecule has 1 saturated heterocycles. The first-order valence-corrected chi connectivity index (χ1v) is 8.03. The molecule has 0 bridgehead atoms. The summed E-state index contributed by atoms with van der Waals surface area (Å²) >= 11 is 0. The second kappa shape index (κ2) is 6.69. The van der Waals surface area contributed by atoms with Crippen LogP contribution in [0.1, 0.15) is 41.0 Å². The number of carbonyl (C=O) groups is 1. The summed E-state index contributed by atoms with van der Waals surface area (Å²) in [5, 5.41) is 2.97. The number of ether oxygens (including phenoxy) is 1. The van der Waals surface area contributed by atoms with E-state index in [2.05, 4.69) is 57.0 Å². The summed E-state index contributed by atoms with van der Waals surface area (Å²) in [5.41, 5.74) is 2.03. The molecule has 0 spiro atoms. The largest absolute Gasteiger partial charge is 0.375 e. The van der Waals surface area contributed by atoms with Gasteiger partial charge in [-0.25, -0.2) is 0 Å². The monoisotopic (exact) mass is 304 g/mol. The van der Waals surface area contributed by atoms with E-state index in [1.54, 1.807) is 0 Å². The van der Waals surface area contributed by atoms with Gasteiger partial charge in [-0.05, 0) is 43.5 Å². The van der Waals surface area contributed by atoms with Crippen molar-refractivity contribution in [2.75, 3.05) is 23.4 Å². The van der Waals surface area contributed by atoms with Crippen molar-refractivity contribution in [3.05, 3.63) is 24.3 Å². The van der Waals surface area contributed by atoms with Crippen LogP contribution in [-0.4, -0.2) is 31.2 Å². The van der Waals surface area contributed by atoms with Crippen molar-refractivity contribution in [2.24, 2.45) is 5.41 Å². The lowest BCUT2D eigenvalue weighted by Crippen LogP contribution is -2.47. The summed E-state index contributed by atoms with van der Waals surface area (Å²) in [6.45, 7) is 12.1. The lowest BCUT2D eigenvalue weighted by atomic mass is 9.92. The fourth-order valence-electron chi connectivity index (χ4n) is 2.69. The molecular weight excluding hydrogens is 276 g/mol. The van der Waals surface area contributed by atoms with Crippen LogP contribution in [0.25, 0.3) is 0 Å². The van der Waals surface area contributed by atoms with E-state index in [9.17, 15) is 4.79 Å². The van der Waals surface area contributed by atoms with Gasteiger partial charge < -0.3 is 15.0 Å². The Kier molecular flexibility index (Phi) is 5.12. The van der Waals surface area contributed by atoms with Gasteiger partial charge >= 0.3 is 0 Å². The highest BCUT2D eigenvalue weighted by Crippen LogP contribution is 2.24. The third-order valence-electron chi connectivity index (χ3n) is 3.78. The second-order valence-corrected chi connectivity index (χ2v) is 7.48. The molecule has 4 nitrogen and oxygen atoms in total. The summed E-state index contributed by atoms with van der Waals surface area (Å²) in [5.74, 6) is 0.0635. The number of amides is 1. The number of hydrogen-bond donors (Lipinski definition) is 1. The third-order valence-corrected chi connectivity index (χ3v) is 3.78. The molecule has 2 atom stereocenters. The van der Waals surface area contributed by atoms with E-state index >= 15 is 0 Å². The number of carbonyl (C=O) groups excluding carboxylic acids is 1. The Morgan fingerprint density at radius 2 is 1.91 bits per heavy atom. The summed E-state index contributed by atoms with van der Waals surface area (Å²) in [6.07, 6.45) is 0.773. The van der Waals surface area contributed by atoms with Gasteiger partial charge in [-0.2, -0.15) is 0 Å². The molecule has 0 aromatic heterocycles. The van der Waals surface area contributed by atoms with E-state index in [-0.39, 0.29) is 17.4 Å². The van der Waals surface area contributed by atoms with Crippen molar-refractivity contribution in [2.45, 2.75) is 53.2 Å². The molecule has 122 valence electrons. The fraction of sp³-hybridized carbons (Fsp3) is 0.611. The average molecular weight is 304 g/mol. The van der Waals surface area contributed by atoms with Crippen LogP contribution in [0.5, 0.6) is 0 Å². The van der Waals surface area contributed by atoms with Crippen LogP contribution in [0, 0.1) is 5.41 Å². The molecule has 0 aliphatic carbocycles. The summed E-state index contributed by atoms with van der Waals surface area (Å²) in [6, 6.07) is 8.46. The van der Waals surface area contributed by atoms with Gasteiger partial charge in [-0.1, -0.05) is 20.8 Å². The molecule has 2 unspecified atom stereocenters. The molecule has 1 aromatic rings. The van der Waals surface area contributed by atoms with E-state index in [0.29, 0.717) is 12.5 Å². The van der Waals surface area contributed by atoms with E-state index in [1.807, 2.05) is 12.1 Å². The zero-order chi connectivity index (χ0) is 16.3. The average Bonchev–Trinajstić information content (AvgIpc) is 2.40. The Morgan fingerprint density at radius 3 is 2.50 bits per heavy atom. The lowest BCUT2D eigenvalue weighted by molar-refractivity contribution is -0.117. The number of nitrogens with zero attached hydrogens (tertiary/aromatic N) is 1. The predicted octanol–water partition coefficient (Wildman–Crippen LogP) is 3.67. The van der Waals surface area contributed by atoms with Crippen molar-refractivity contribution in [3.8, 4) is 0 Å². The van der Waals surface area contributed by atoms with Crippen LogP contribution in [0.15, 0.2) is 24.3 Å². The molecule has 1 aliphatic rings. The van der Waals surface area contributed by atoms with E-state index < -0.39 is 0 Å². The van der Waals surface area contributed by atoms with Crippen molar-refractivity contribution >= 4 is 17.3 Å². The molecule has 1 aliphatic heterocycles. The smallest absolute Gasteiger partial charge is 0.224 e. The number of hydrogen-bond acceptors (Lipinski definition) is 3. The maximum absolute atomic E-state index is 12.0. The Labute approximate surface area is 133 Å². The van der Waals surface area contributed by atoms with Crippen molar-refractivity contribution in [3.63, 3.8) is 0 Å². The van der Waals surface area contributed by atoms with E-state index in [0.717, 1.165) is 18.8 Å². The topological polar surface area (TPSA) is 41.6 Å². The number of benzene rings is 1. The molecule has 1 aromatic carbocycles. The lowest BCUT2D eigenvalue weighted by Gasteiger charge is -2.38. The highest BCUT2D eigenvalue weighted by molar-refractivity contribution is 5.91. The van der Waals surface area contributed by atoms with Gasteiger partial charge in [0.15, 0.2) is 0 Å². The Bertz CT molecular complexity index is 505. The molecule has 22 heavy (non-hydrogen) atoms. The Hall–Kier alpha value is -1.55. The van der Waals surface area contributed by atoms with Crippen LogP contribution in [-0.2, 0) is 9.53 Å². The molecular formula is C18H28N2O2. The molecule has 1 amide bonds. The van der Waals surface area contributed by atoms with Crippen LogP contribution >= 0.6 is 0 Å². The summed E-state index contributed by atoms with van der Waals surface area (Å²) in [7, 11) is 0. The molecule has 4 heteroatoms. The second-order valence-electron chi connectivity index (χ2n) is 7.48. The first-order chi connectivity index (χ1) is 10.2. The summed E-state index contributed by atoms with van der Waals surface area (Å²) in [4.78, 5) is 14.3. The molecule has 2 rings (SSSR count). The minimum Gasteiger partial charge on any atom is -0.375 e. The van der Waals surface area contributed by atoms with Gasteiger partial charge in [0.25, 0.3) is 0 Å². The number of anilines is 2. The van der Waals surface area contributed by atoms with Crippen LogP contribution in [0.4, 0.5) is 11.4 Å². The van der Waals surface area contributed by atoms with Gasteiger partial charge in [0, 0.05) is 30.4 Å². The van der Waals surface area contributed by atoms with Crippen molar-refractivity contribution in [1.82, 2.24) is 0 Å². The number of rotatable bonds is 3. The quantitative estimate of drug-likeness (QED) is 0.926. The molecule has 1 fully saturated rings. The summed E-state index contributed by atoms with van der Waals surface area (Å²) < 4.78 is 5.67. The maximum Gasteiger partial charge on any atom is 0.224 e. The Morgan fingerprint density at radius 1 is 1.27 bits per heavy atom. The highest BCUT2D eigenvalue weighted by Gasteiger charge is 2.23. The zero-order valence-electron chi connectivity index (χ0n) is 14.3. The van der Waals surface area contributed by atoms with Gasteiger partial charge in [0.05, 0.1) is 12.7 Å². The predicted molar refractivity (Wildman–Crippen MR) is 91.4 cm³/mol. The molecule has 0 saturated carbocycles. The molecule has 1 heterocycles. The fourth-order valence-corrected chi connectivity index (χ4v) is 2.69. The number of nitrogens with one attached hydrogen (secondary N) is 1. The van der Waals surface area contributed by atoms with Gasteiger partial charge in [0.2, 0.25) is 5.91 Å². The molecule has 0 radical (unpaired) electrons. The number of morpholine rings is 1. The van der Waals surface area contributed by atoms with Gasteiger partial charge in [0.1, 0.15) is 0 Å². The van der Waals surface area contributed by atoms with Crippen LogP contribution in [0.2, 0.25) is 0 Å². The van der Waals surface area contributed by atoms with Crippen molar-refractivity contribution in [1.29, 1.82) is 0 Å². The SMILES string of the molecule is CC1CN(c2ccc(NC(=O)CC(C)(C)C)cc2)C(C)CO1. The first kappa shape index (κ1) is 16.8.